The molecule has 0 heterocycles. The number of alkyl halides is 12. The third kappa shape index (κ3) is 5.52. The van der Waals surface area contributed by atoms with Crippen LogP contribution in [0.4, 0.5) is 52.7 Å². The van der Waals surface area contributed by atoms with E-state index < -0.39 is 86.5 Å². The molecule has 234 valence electrons. The van der Waals surface area contributed by atoms with Gasteiger partial charge in [0.05, 0.1) is 22.3 Å². The van der Waals surface area contributed by atoms with Crippen molar-refractivity contribution < 1.29 is 62.9 Å². The van der Waals surface area contributed by atoms with Gasteiger partial charge >= 0.3 is 24.7 Å². The zero-order chi connectivity index (χ0) is 32.9. The van der Waals surface area contributed by atoms with Gasteiger partial charge in [-0.15, -0.1) is 0 Å². The lowest BCUT2D eigenvalue weighted by Gasteiger charge is -2.46. The zero-order valence-electron chi connectivity index (χ0n) is 21.7. The lowest BCUT2D eigenvalue weighted by Crippen LogP contribution is -2.52. The highest BCUT2D eigenvalue weighted by Crippen LogP contribution is 2.58. The van der Waals surface area contributed by atoms with E-state index in [1.165, 1.54) is 42.5 Å². The van der Waals surface area contributed by atoms with Gasteiger partial charge in [-0.05, 0) is 22.8 Å². The van der Waals surface area contributed by atoms with Gasteiger partial charge in [-0.2, -0.15) is 52.7 Å². The molecule has 0 fully saturated rings. The summed E-state index contributed by atoms with van der Waals surface area (Å²) in [5, 5.41) is 24.8. The zero-order valence-corrected chi connectivity index (χ0v) is 21.7. The lowest BCUT2D eigenvalue weighted by molar-refractivity contribution is -0.185. The predicted octanol–water partition coefficient (Wildman–Crippen LogP) is 8.93. The van der Waals surface area contributed by atoms with E-state index >= 15 is 0 Å². The second-order valence-electron chi connectivity index (χ2n) is 9.61. The molecule has 2 N–H and O–H groups in total. The van der Waals surface area contributed by atoms with Gasteiger partial charge in [-0.1, -0.05) is 91.0 Å². The van der Waals surface area contributed by atoms with E-state index in [-0.39, 0.29) is 0 Å². The monoisotopic (exact) mass is 638 g/mol. The van der Waals surface area contributed by atoms with Crippen molar-refractivity contribution in [3.05, 3.63) is 142 Å². The largest absolute Gasteiger partial charge is 0.417 e. The number of halogens is 12. The number of rotatable bonds is 5. The molecule has 0 aliphatic carbocycles. The van der Waals surface area contributed by atoms with Crippen molar-refractivity contribution in [1.82, 2.24) is 0 Å². The van der Waals surface area contributed by atoms with E-state index in [0.29, 0.717) is 0 Å². The first-order valence-electron chi connectivity index (χ1n) is 12.3. The SMILES string of the molecule is OC(c1ccccc1)(c1ccccc1)C(O)(c1ccccc1)c1cc(C(F)(F)F)c(C(F)(F)F)c(C(F)(F)F)c1C(F)(F)F. The van der Waals surface area contributed by atoms with Crippen LogP contribution >= 0.6 is 0 Å². The maximum atomic E-state index is 14.7. The quantitative estimate of drug-likeness (QED) is 0.215. The average Bonchev–Trinajstić information content (AvgIpc) is 2.94. The van der Waals surface area contributed by atoms with Crippen LogP contribution in [-0.4, -0.2) is 10.2 Å². The Kier molecular flexibility index (Phi) is 8.10. The third-order valence-corrected chi connectivity index (χ3v) is 6.97. The maximum Gasteiger partial charge on any atom is 0.417 e. The predicted molar refractivity (Wildman–Crippen MR) is 132 cm³/mol. The van der Waals surface area contributed by atoms with Crippen molar-refractivity contribution >= 4 is 0 Å². The van der Waals surface area contributed by atoms with Crippen LogP contribution in [0.5, 0.6) is 0 Å². The van der Waals surface area contributed by atoms with E-state index in [1.807, 2.05) is 0 Å². The molecule has 1 atom stereocenters. The minimum Gasteiger partial charge on any atom is -0.377 e. The summed E-state index contributed by atoms with van der Waals surface area (Å²) in [6, 6.07) is 15.7. The van der Waals surface area contributed by atoms with Gasteiger partial charge in [0.15, 0.2) is 11.2 Å². The van der Waals surface area contributed by atoms with Gasteiger partial charge in [0.2, 0.25) is 0 Å². The molecule has 4 aromatic carbocycles. The molecule has 4 aromatic rings. The first kappa shape index (κ1) is 32.9. The lowest BCUT2D eigenvalue weighted by atomic mass is 9.64. The minimum atomic E-state index is -6.69. The highest BCUT2D eigenvalue weighted by atomic mass is 19.4. The molecule has 0 aliphatic heterocycles. The third-order valence-electron chi connectivity index (χ3n) is 6.97. The van der Waals surface area contributed by atoms with Gasteiger partial charge in [-0.25, -0.2) is 0 Å². The topological polar surface area (TPSA) is 40.5 Å². The summed E-state index contributed by atoms with van der Waals surface area (Å²) in [4.78, 5) is 0. The normalized spacial score (nSPS) is 14.8. The summed E-state index contributed by atoms with van der Waals surface area (Å²) in [5.41, 5.74) is -25.3. The van der Waals surface area contributed by atoms with Crippen LogP contribution in [0.1, 0.15) is 44.5 Å². The van der Waals surface area contributed by atoms with Crippen LogP contribution in [0.3, 0.4) is 0 Å². The molecular weight excluding hydrogens is 620 g/mol. The van der Waals surface area contributed by atoms with Crippen LogP contribution < -0.4 is 0 Å². The first-order chi connectivity index (χ1) is 20.2. The Morgan fingerprint density at radius 1 is 0.341 bits per heavy atom. The van der Waals surface area contributed by atoms with Crippen LogP contribution in [0.25, 0.3) is 0 Å². The second kappa shape index (κ2) is 10.8. The molecule has 0 bridgehead atoms. The number of aliphatic hydroxyl groups is 2. The molecule has 14 heteroatoms. The van der Waals surface area contributed by atoms with Gasteiger partial charge in [0.1, 0.15) is 0 Å². The van der Waals surface area contributed by atoms with Gasteiger partial charge in [0.25, 0.3) is 0 Å². The molecule has 1 unspecified atom stereocenters. The Hall–Kier alpha value is -4.04. The fourth-order valence-corrected chi connectivity index (χ4v) is 5.25. The summed E-state index contributed by atoms with van der Waals surface area (Å²) in [6.45, 7) is 0. The first-order valence-corrected chi connectivity index (χ1v) is 12.3. The summed E-state index contributed by atoms with van der Waals surface area (Å²) in [6.07, 6.45) is -26.1. The molecular formula is C30H18F12O2. The fraction of sp³-hybridized carbons (Fsp3) is 0.200. The van der Waals surface area contributed by atoms with Crippen LogP contribution in [0.15, 0.2) is 97.1 Å². The molecule has 0 spiro atoms. The summed E-state index contributed by atoms with van der Waals surface area (Å²) in [7, 11) is 0. The Bertz CT molecular complexity index is 1570. The summed E-state index contributed by atoms with van der Waals surface area (Å²) in [5.74, 6) is 0. The standard InChI is InChI=1S/C30H18F12O2/c31-27(32,33)21-16-20(22(28(34,35)36)24(30(40,41)42)23(21)29(37,38)39)26(44,19-14-8-3-9-15-19)25(43,17-10-4-1-5-11-17)18-12-6-2-7-13-18/h1-16,43-44H. The Labute approximate surface area is 240 Å². The maximum absolute atomic E-state index is 14.7. The number of hydrogen-bond acceptors (Lipinski definition) is 2. The molecule has 0 aromatic heterocycles. The summed E-state index contributed by atoms with van der Waals surface area (Å²) >= 11 is 0. The van der Waals surface area contributed by atoms with Crippen molar-refractivity contribution in [2.45, 2.75) is 35.9 Å². The minimum absolute atomic E-state index is 0.521. The molecule has 0 amide bonds. The van der Waals surface area contributed by atoms with E-state index in [2.05, 4.69) is 0 Å². The van der Waals surface area contributed by atoms with Crippen molar-refractivity contribution in [2.75, 3.05) is 0 Å². The van der Waals surface area contributed by atoms with E-state index in [9.17, 15) is 62.9 Å². The van der Waals surface area contributed by atoms with Gasteiger partial charge in [0, 0.05) is 5.56 Å². The van der Waals surface area contributed by atoms with Crippen molar-refractivity contribution in [2.24, 2.45) is 0 Å². The van der Waals surface area contributed by atoms with Crippen molar-refractivity contribution in [3.8, 4) is 0 Å². The van der Waals surface area contributed by atoms with E-state index in [4.69, 9.17) is 0 Å². The fourth-order valence-electron chi connectivity index (χ4n) is 5.25. The second-order valence-corrected chi connectivity index (χ2v) is 9.61. The van der Waals surface area contributed by atoms with Crippen LogP contribution in [-0.2, 0) is 35.9 Å². The molecule has 4 rings (SSSR count). The van der Waals surface area contributed by atoms with Gasteiger partial charge < -0.3 is 10.2 Å². The van der Waals surface area contributed by atoms with E-state index in [0.717, 1.165) is 48.5 Å². The Morgan fingerprint density at radius 3 is 0.932 bits per heavy atom. The molecule has 0 saturated heterocycles. The Morgan fingerprint density at radius 2 is 0.636 bits per heavy atom. The molecule has 0 saturated carbocycles. The smallest absolute Gasteiger partial charge is 0.377 e. The number of benzene rings is 4. The highest BCUT2D eigenvalue weighted by Gasteiger charge is 2.62. The average molecular weight is 638 g/mol. The van der Waals surface area contributed by atoms with Gasteiger partial charge in [-0.3, -0.25) is 0 Å². The van der Waals surface area contributed by atoms with Crippen LogP contribution in [0.2, 0.25) is 0 Å². The van der Waals surface area contributed by atoms with Crippen molar-refractivity contribution in [1.29, 1.82) is 0 Å². The number of hydrogen-bond donors (Lipinski definition) is 2. The molecule has 0 aliphatic rings. The molecule has 2 nitrogen and oxygen atoms in total. The van der Waals surface area contributed by atoms with Crippen LogP contribution in [0, 0.1) is 0 Å². The Balaban J connectivity index is 2.42. The van der Waals surface area contributed by atoms with E-state index in [1.54, 1.807) is 0 Å². The van der Waals surface area contributed by atoms with Crippen molar-refractivity contribution in [3.63, 3.8) is 0 Å². The highest BCUT2D eigenvalue weighted by molar-refractivity contribution is 5.59. The summed E-state index contributed by atoms with van der Waals surface area (Å²) < 4.78 is 172. The molecule has 44 heavy (non-hydrogen) atoms. The molecule has 0 radical (unpaired) electrons.